The smallest absolute Gasteiger partial charge is 0.00127 e. The van der Waals surface area contributed by atoms with Gasteiger partial charge in [0.2, 0.25) is 0 Å². The lowest BCUT2D eigenvalue weighted by molar-refractivity contribution is 0.336. The third-order valence-electron chi connectivity index (χ3n) is 3.22. The molecule has 0 aliphatic carbocycles. The van der Waals surface area contributed by atoms with Crippen molar-refractivity contribution in [3.05, 3.63) is 0 Å². The van der Waals surface area contributed by atoms with E-state index >= 15 is 0 Å². The Morgan fingerprint density at radius 3 is 2.50 bits per heavy atom. The molecule has 1 rings (SSSR count). The van der Waals surface area contributed by atoms with Crippen molar-refractivity contribution in [3.63, 3.8) is 0 Å². The average Bonchev–Trinajstić information content (AvgIpc) is 2.43. The highest BCUT2D eigenvalue weighted by Gasteiger charge is 2.27. The molecule has 0 radical (unpaired) electrons. The predicted molar refractivity (Wildman–Crippen MR) is 54.3 cm³/mol. The first-order chi connectivity index (χ1) is 5.77. The van der Waals surface area contributed by atoms with Crippen molar-refractivity contribution < 1.29 is 0 Å². The van der Waals surface area contributed by atoms with E-state index in [1.165, 1.54) is 38.9 Å². The van der Waals surface area contributed by atoms with Crippen LogP contribution >= 0.6 is 0 Å². The van der Waals surface area contributed by atoms with Crippen molar-refractivity contribution in [2.24, 2.45) is 11.8 Å². The molecular weight excluding hydrogens is 146 g/mol. The second kappa shape index (κ2) is 4.86. The zero-order valence-electron chi connectivity index (χ0n) is 8.84. The van der Waals surface area contributed by atoms with Crippen LogP contribution in [0.3, 0.4) is 0 Å². The summed E-state index contributed by atoms with van der Waals surface area (Å²) in [6.45, 7) is 10.9. The summed E-state index contributed by atoms with van der Waals surface area (Å²) in [6.07, 6.45) is 4.23. The first-order valence-electron chi connectivity index (χ1n) is 5.50. The number of rotatable bonds is 4. The van der Waals surface area contributed by atoms with E-state index in [-0.39, 0.29) is 0 Å². The van der Waals surface area contributed by atoms with Gasteiger partial charge in [0, 0.05) is 13.1 Å². The topological polar surface area (TPSA) is 3.24 Å². The van der Waals surface area contributed by atoms with Crippen molar-refractivity contribution in [2.75, 3.05) is 19.6 Å². The Morgan fingerprint density at radius 1 is 1.25 bits per heavy atom. The molecule has 1 saturated heterocycles. The van der Waals surface area contributed by atoms with Crippen LogP contribution in [0.5, 0.6) is 0 Å². The van der Waals surface area contributed by atoms with Crippen molar-refractivity contribution in [2.45, 2.75) is 40.0 Å². The Balaban J connectivity index is 2.25. The van der Waals surface area contributed by atoms with Crippen LogP contribution < -0.4 is 0 Å². The van der Waals surface area contributed by atoms with Gasteiger partial charge in [-0.25, -0.2) is 0 Å². The maximum Gasteiger partial charge on any atom is 0.00127 e. The zero-order chi connectivity index (χ0) is 8.97. The monoisotopic (exact) mass is 169 g/mol. The summed E-state index contributed by atoms with van der Waals surface area (Å²) in [4.78, 5) is 2.59. The minimum absolute atomic E-state index is 0.941. The van der Waals surface area contributed by atoms with E-state index in [0.29, 0.717) is 0 Å². The molecule has 0 N–H and O–H groups in total. The van der Waals surface area contributed by atoms with Gasteiger partial charge in [-0.1, -0.05) is 33.6 Å². The van der Waals surface area contributed by atoms with E-state index in [0.717, 1.165) is 11.8 Å². The molecule has 1 aliphatic rings. The lowest BCUT2D eigenvalue weighted by Crippen LogP contribution is -2.19. The van der Waals surface area contributed by atoms with Gasteiger partial charge in [0.05, 0.1) is 0 Å². The fourth-order valence-electron chi connectivity index (χ4n) is 2.24. The Morgan fingerprint density at radius 2 is 2.00 bits per heavy atom. The van der Waals surface area contributed by atoms with E-state index in [9.17, 15) is 0 Å². The molecule has 0 amide bonds. The molecule has 1 fully saturated rings. The maximum atomic E-state index is 2.59. The normalized spacial score (nSPS) is 31.2. The van der Waals surface area contributed by atoms with Crippen LogP contribution in [0.4, 0.5) is 0 Å². The molecule has 0 aromatic heterocycles. The number of hydrogen-bond donors (Lipinski definition) is 0. The Labute approximate surface area is 77.1 Å². The summed E-state index contributed by atoms with van der Waals surface area (Å²) in [6, 6.07) is 0. The van der Waals surface area contributed by atoms with Crippen LogP contribution in [0.25, 0.3) is 0 Å². The molecular formula is C11H23N. The van der Waals surface area contributed by atoms with Crippen LogP contribution in [0, 0.1) is 11.8 Å². The molecule has 2 unspecified atom stereocenters. The van der Waals surface area contributed by atoms with Gasteiger partial charge < -0.3 is 4.90 Å². The molecule has 1 heterocycles. The van der Waals surface area contributed by atoms with E-state index in [1.54, 1.807) is 0 Å². The first-order valence-corrected chi connectivity index (χ1v) is 5.50. The summed E-state index contributed by atoms with van der Waals surface area (Å²) >= 11 is 0. The molecule has 1 nitrogen and oxygen atoms in total. The quantitative estimate of drug-likeness (QED) is 0.625. The summed E-state index contributed by atoms with van der Waals surface area (Å²) in [7, 11) is 0. The SMILES string of the molecule is CCCCC1CN(CC)CC1C. The highest BCUT2D eigenvalue weighted by atomic mass is 15.1. The van der Waals surface area contributed by atoms with E-state index in [2.05, 4.69) is 25.7 Å². The predicted octanol–water partition coefficient (Wildman–Crippen LogP) is 2.76. The summed E-state index contributed by atoms with van der Waals surface area (Å²) in [5, 5.41) is 0. The Kier molecular flexibility index (Phi) is 4.07. The van der Waals surface area contributed by atoms with E-state index in [4.69, 9.17) is 0 Å². The molecule has 0 aromatic rings. The summed E-state index contributed by atoms with van der Waals surface area (Å²) in [5.41, 5.74) is 0. The summed E-state index contributed by atoms with van der Waals surface area (Å²) < 4.78 is 0. The lowest BCUT2D eigenvalue weighted by Gasteiger charge is -2.13. The highest BCUT2D eigenvalue weighted by molar-refractivity contribution is 4.80. The zero-order valence-corrected chi connectivity index (χ0v) is 8.84. The molecule has 0 spiro atoms. The molecule has 72 valence electrons. The number of hydrogen-bond acceptors (Lipinski definition) is 1. The fraction of sp³-hybridized carbons (Fsp3) is 1.00. The van der Waals surface area contributed by atoms with Gasteiger partial charge in [0.15, 0.2) is 0 Å². The Hall–Kier alpha value is -0.0400. The van der Waals surface area contributed by atoms with Crippen molar-refractivity contribution in [3.8, 4) is 0 Å². The molecule has 2 atom stereocenters. The van der Waals surface area contributed by atoms with Gasteiger partial charge in [-0.3, -0.25) is 0 Å². The molecule has 0 saturated carbocycles. The average molecular weight is 169 g/mol. The van der Waals surface area contributed by atoms with Crippen LogP contribution in [0.15, 0.2) is 0 Å². The Bertz CT molecular complexity index is 122. The highest BCUT2D eigenvalue weighted by Crippen LogP contribution is 2.26. The van der Waals surface area contributed by atoms with Crippen LogP contribution in [-0.2, 0) is 0 Å². The van der Waals surface area contributed by atoms with Gasteiger partial charge in [-0.05, 0) is 24.8 Å². The minimum atomic E-state index is 0.941. The molecule has 12 heavy (non-hydrogen) atoms. The van der Waals surface area contributed by atoms with Gasteiger partial charge in [-0.2, -0.15) is 0 Å². The largest absolute Gasteiger partial charge is 0.303 e. The number of nitrogens with zero attached hydrogens (tertiary/aromatic N) is 1. The van der Waals surface area contributed by atoms with Gasteiger partial charge >= 0.3 is 0 Å². The van der Waals surface area contributed by atoms with Gasteiger partial charge in [0.25, 0.3) is 0 Å². The van der Waals surface area contributed by atoms with Crippen molar-refractivity contribution in [1.29, 1.82) is 0 Å². The second-order valence-corrected chi connectivity index (χ2v) is 4.23. The number of unbranched alkanes of at least 4 members (excludes halogenated alkanes) is 1. The molecule has 0 bridgehead atoms. The van der Waals surface area contributed by atoms with Gasteiger partial charge in [-0.15, -0.1) is 0 Å². The third-order valence-corrected chi connectivity index (χ3v) is 3.22. The van der Waals surface area contributed by atoms with E-state index in [1.807, 2.05) is 0 Å². The lowest BCUT2D eigenvalue weighted by atomic mass is 9.93. The van der Waals surface area contributed by atoms with Crippen LogP contribution in [-0.4, -0.2) is 24.5 Å². The van der Waals surface area contributed by atoms with Gasteiger partial charge in [0.1, 0.15) is 0 Å². The summed E-state index contributed by atoms with van der Waals surface area (Å²) in [5.74, 6) is 1.93. The van der Waals surface area contributed by atoms with E-state index < -0.39 is 0 Å². The molecule has 0 aromatic carbocycles. The standard InChI is InChI=1S/C11H23N/c1-4-6-7-11-9-12(5-2)8-10(11)3/h10-11H,4-9H2,1-3H3. The number of likely N-dealkylation sites (tertiary alicyclic amines) is 1. The molecule has 1 heteroatoms. The van der Waals surface area contributed by atoms with Crippen molar-refractivity contribution in [1.82, 2.24) is 4.90 Å². The maximum absolute atomic E-state index is 2.59. The first kappa shape index (κ1) is 10.0. The van der Waals surface area contributed by atoms with Crippen molar-refractivity contribution >= 4 is 0 Å². The second-order valence-electron chi connectivity index (χ2n) is 4.23. The fourth-order valence-corrected chi connectivity index (χ4v) is 2.24. The minimum Gasteiger partial charge on any atom is -0.303 e. The third kappa shape index (κ3) is 2.48. The molecule has 1 aliphatic heterocycles. The van der Waals surface area contributed by atoms with Crippen LogP contribution in [0.1, 0.15) is 40.0 Å². The van der Waals surface area contributed by atoms with Crippen LogP contribution in [0.2, 0.25) is 0 Å².